The maximum atomic E-state index is 12.3. The third kappa shape index (κ3) is 4.80. The highest BCUT2D eigenvalue weighted by molar-refractivity contribution is 6.16. The maximum Gasteiger partial charge on any atom is 0.341 e. The Balaban J connectivity index is 1.61. The van der Waals surface area contributed by atoms with Crippen molar-refractivity contribution in [2.45, 2.75) is 32.3 Å². The largest absolute Gasteiger partial charge is 0.503 e. The molecule has 0 unspecified atom stereocenters. The summed E-state index contributed by atoms with van der Waals surface area (Å²) in [7, 11) is 2.85. The summed E-state index contributed by atoms with van der Waals surface area (Å²) < 4.78 is 16.3. The van der Waals surface area contributed by atoms with Crippen molar-refractivity contribution in [3.63, 3.8) is 0 Å². The van der Waals surface area contributed by atoms with Gasteiger partial charge in [0.1, 0.15) is 18.0 Å². The molecular weight excluding hydrogens is 404 g/mol. The second kappa shape index (κ2) is 10.1. The summed E-state index contributed by atoms with van der Waals surface area (Å²) in [5.74, 6) is 0.922. The molecule has 4 rings (SSSR count). The number of aromatic nitrogens is 2. The fraction of sp³-hybridized carbons (Fsp3) is 0.269. The van der Waals surface area contributed by atoms with Crippen molar-refractivity contribution in [2.75, 3.05) is 14.2 Å². The van der Waals surface area contributed by atoms with E-state index in [2.05, 4.69) is 12.1 Å². The van der Waals surface area contributed by atoms with E-state index < -0.39 is 5.97 Å². The number of carbonyl (C=O) groups is 1. The van der Waals surface area contributed by atoms with Crippen LogP contribution in [0.2, 0.25) is 0 Å². The predicted molar refractivity (Wildman–Crippen MR) is 121 cm³/mol. The van der Waals surface area contributed by atoms with Crippen molar-refractivity contribution in [1.82, 2.24) is 9.97 Å². The Morgan fingerprint density at radius 2 is 1.78 bits per heavy atom. The third-order valence-electron chi connectivity index (χ3n) is 5.46. The first-order chi connectivity index (χ1) is 15.7. The van der Waals surface area contributed by atoms with E-state index in [1.807, 2.05) is 42.5 Å². The number of benzene rings is 2. The molecule has 6 heteroatoms. The molecule has 6 nitrogen and oxygen atoms in total. The molecule has 0 amide bonds. The quantitative estimate of drug-likeness (QED) is 0.302. The van der Waals surface area contributed by atoms with Gasteiger partial charge in [-0.2, -0.15) is 4.98 Å². The van der Waals surface area contributed by atoms with E-state index in [1.165, 1.54) is 20.5 Å². The van der Waals surface area contributed by atoms with Gasteiger partial charge in [-0.1, -0.05) is 54.6 Å². The molecule has 0 N–H and O–H groups in total. The zero-order valence-corrected chi connectivity index (χ0v) is 18.3. The number of rotatable bonds is 8. The minimum atomic E-state index is -0.465. The van der Waals surface area contributed by atoms with E-state index in [1.54, 1.807) is 0 Å². The standard InChI is InChI=1S/C26H26N2O4/c1-30-17-22(26(29)31-2)20-12-7-6-11-19(20)16-32-25-21-13-8-14-23(21)27-24(28-25)15-18-9-4-3-5-10-18/h3-7,9-12,17H,8,13-16H2,1-2H3/b22-17+. The van der Waals surface area contributed by atoms with Crippen LogP contribution in [0.4, 0.5) is 0 Å². The lowest BCUT2D eigenvalue weighted by Crippen LogP contribution is -2.10. The Kier molecular flexibility index (Phi) is 6.80. The summed E-state index contributed by atoms with van der Waals surface area (Å²) in [4.78, 5) is 21.8. The highest BCUT2D eigenvalue weighted by Gasteiger charge is 2.22. The number of nitrogens with zero attached hydrogens (tertiary/aromatic N) is 2. The number of methoxy groups -OCH3 is 2. The van der Waals surface area contributed by atoms with Gasteiger partial charge >= 0.3 is 5.97 Å². The second-order valence-corrected chi connectivity index (χ2v) is 7.59. The summed E-state index contributed by atoms with van der Waals surface area (Å²) in [5, 5.41) is 0. The lowest BCUT2D eigenvalue weighted by Gasteiger charge is -2.15. The van der Waals surface area contributed by atoms with Gasteiger partial charge in [0.2, 0.25) is 5.88 Å². The molecule has 0 bridgehead atoms. The molecule has 0 radical (unpaired) electrons. The Hall–Kier alpha value is -3.67. The van der Waals surface area contributed by atoms with Crippen molar-refractivity contribution < 1.29 is 19.0 Å². The topological polar surface area (TPSA) is 70.5 Å². The average molecular weight is 431 g/mol. The third-order valence-corrected chi connectivity index (χ3v) is 5.46. The first kappa shape index (κ1) is 21.6. The van der Waals surface area contributed by atoms with Gasteiger partial charge < -0.3 is 14.2 Å². The summed E-state index contributed by atoms with van der Waals surface area (Å²) in [6.07, 6.45) is 4.95. The van der Waals surface area contributed by atoms with Gasteiger partial charge in [-0.15, -0.1) is 0 Å². The Labute approximate surface area is 187 Å². The molecule has 1 heterocycles. The Bertz CT molecular complexity index is 1130. The Morgan fingerprint density at radius 1 is 1.00 bits per heavy atom. The van der Waals surface area contributed by atoms with Crippen LogP contribution in [0.1, 0.15) is 40.2 Å². The van der Waals surface area contributed by atoms with Crippen molar-refractivity contribution in [3.8, 4) is 5.88 Å². The van der Waals surface area contributed by atoms with Crippen LogP contribution in [0, 0.1) is 0 Å². The normalized spacial score (nSPS) is 12.9. The fourth-order valence-corrected chi connectivity index (χ4v) is 3.93. The lowest BCUT2D eigenvalue weighted by molar-refractivity contribution is -0.133. The number of ether oxygens (including phenoxy) is 3. The summed E-state index contributed by atoms with van der Waals surface area (Å²) in [5.41, 5.74) is 5.21. The molecule has 0 saturated carbocycles. The molecule has 1 aromatic heterocycles. The average Bonchev–Trinajstić information content (AvgIpc) is 3.30. The molecule has 0 spiro atoms. The molecule has 0 fully saturated rings. The van der Waals surface area contributed by atoms with Crippen LogP contribution in [0.3, 0.4) is 0 Å². The van der Waals surface area contributed by atoms with E-state index in [9.17, 15) is 4.79 Å². The predicted octanol–water partition coefficient (Wildman–Crippen LogP) is 4.30. The summed E-state index contributed by atoms with van der Waals surface area (Å²) in [6, 6.07) is 17.7. The molecule has 32 heavy (non-hydrogen) atoms. The van der Waals surface area contributed by atoms with E-state index in [0.29, 0.717) is 23.4 Å². The zero-order chi connectivity index (χ0) is 22.3. The monoisotopic (exact) mass is 430 g/mol. The molecule has 0 aliphatic heterocycles. The molecule has 0 atom stereocenters. The molecule has 3 aromatic rings. The van der Waals surface area contributed by atoms with Crippen molar-refractivity contribution in [1.29, 1.82) is 0 Å². The van der Waals surface area contributed by atoms with Crippen molar-refractivity contribution in [3.05, 3.63) is 94.6 Å². The summed E-state index contributed by atoms with van der Waals surface area (Å²) in [6.45, 7) is 0.266. The van der Waals surface area contributed by atoms with Crippen LogP contribution in [0.5, 0.6) is 5.88 Å². The second-order valence-electron chi connectivity index (χ2n) is 7.59. The zero-order valence-electron chi connectivity index (χ0n) is 18.3. The van der Waals surface area contributed by atoms with Gasteiger partial charge in [-0.3, -0.25) is 0 Å². The molecule has 0 saturated heterocycles. The smallest absolute Gasteiger partial charge is 0.341 e. The first-order valence-electron chi connectivity index (χ1n) is 10.6. The van der Waals surface area contributed by atoms with E-state index in [4.69, 9.17) is 24.2 Å². The highest BCUT2D eigenvalue weighted by atomic mass is 16.5. The number of esters is 1. The molecule has 1 aliphatic carbocycles. The van der Waals surface area contributed by atoms with E-state index in [0.717, 1.165) is 47.5 Å². The van der Waals surface area contributed by atoms with Gasteiger partial charge in [-0.05, 0) is 36.0 Å². The number of aryl methyl sites for hydroxylation is 1. The SMILES string of the molecule is CO/C=C(/C(=O)OC)c1ccccc1COc1nc(Cc2ccccc2)nc2c1CCC2. The van der Waals surface area contributed by atoms with Gasteiger partial charge in [-0.25, -0.2) is 9.78 Å². The van der Waals surface area contributed by atoms with Crippen LogP contribution in [0.25, 0.3) is 5.57 Å². The molecule has 2 aromatic carbocycles. The number of hydrogen-bond acceptors (Lipinski definition) is 6. The fourth-order valence-electron chi connectivity index (χ4n) is 3.93. The van der Waals surface area contributed by atoms with Gasteiger partial charge in [0.05, 0.1) is 26.2 Å². The minimum absolute atomic E-state index is 0.266. The number of carbonyl (C=O) groups excluding carboxylic acids is 1. The van der Waals surface area contributed by atoms with Gasteiger partial charge in [0.25, 0.3) is 0 Å². The number of hydrogen-bond donors (Lipinski definition) is 0. The van der Waals surface area contributed by atoms with Crippen LogP contribution in [-0.2, 0) is 40.1 Å². The van der Waals surface area contributed by atoms with Crippen LogP contribution >= 0.6 is 0 Å². The van der Waals surface area contributed by atoms with Crippen molar-refractivity contribution in [2.24, 2.45) is 0 Å². The van der Waals surface area contributed by atoms with E-state index in [-0.39, 0.29) is 6.61 Å². The molecule has 1 aliphatic rings. The minimum Gasteiger partial charge on any atom is -0.503 e. The van der Waals surface area contributed by atoms with Crippen LogP contribution < -0.4 is 4.74 Å². The molecule has 164 valence electrons. The first-order valence-corrected chi connectivity index (χ1v) is 10.6. The highest BCUT2D eigenvalue weighted by Crippen LogP contribution is 2.30. The van der Waals surface area contributed by atoms with Gasteiger partial charge in [0, 0.05) is 12.0 Å². The summed E-state index contributed by atoms with van der Waals surface area (Å²) >= 11 is 0. The maximum absolute atomic E-state index is 12.3. The van der Waals surface area contributed by atoms with Gasteiger partial charge in [0.15, 0.2) is 0 Å². The Morgan fingerprint density at radius 3 is 2.56 bits per heavy atom. The van der Waals surface area contributed by atoms with Crippen molar-refractivity contribution >= 4 is 11.5 Å². The lowest BCUT2D eigenvalue weighted by atomic mass is 10.0. The molecular formula is C26H26N2O4. The number of fused-ring (bicyclic) bond motifs is 1. The van der Waals surface area contributed by atoms with Crippen LogP contribution in [0.15, 0.2) is 60.9 Å². The van der Waals surface area contributed by atoms with Crippen LogP contribution in [-0.4, -0.2) is 30.2 Å². The van der Waals surface area contributed by atoms with E-state index >= 15 is 0 Å².